The third kappa shape index (κ3) is 3.27. The summed E-state index contributed by atoms with van der Waals surface area (Å²) in [5, 5.41) is 0. The molecule has 2 rings (SSSR count). The summed E-state index contributed by atoms with van der Waals surface area (Å²) in [5.41, 5.74) is 0. The highest BCUT2D eigenvalue weighted by molar-refractivity contribution is 7.90. The van der Waals surface area contributed by atoms with E-state index < -0.39 is 9.84 Å². The van der Waals surface area contributed by atoms with Gasteiger partial charge in [0, 0.05) is 11.2 Å². The molecule has 0 saturated carbocycles. The molecule has 0 fully saturated rings. The Kier molecular flexibility index (Phi) is 3.63. The van der Waals surface area contributed by atoms with Crippen molar-refractivity contribution in [1.29, 1.82) is 0 Å². The van der Waals surface area contributed by atoms with Gasteiger partial charge in [-0.2, -0.15) is 0 Å². The van der Waals surface area contributed by atoms with Crippen LogP contribution in [0.2, 0.25) is 0 Å². The van der Waals surface area contributed by atoms with Gasteiger partial charge < -0.3 is 4.74 Å². The first-order valence-electron chi connectivity index (χ1n) is 5.22. The summed E-state index contributed by atoms with van der Waals surface area (Å²) in [7, 11) is -3.16. The Morgan fingerprint density at radius 3 is 1.78 bits per heavy atom. The van der Waals surface area contributed by atoms with Crippen molar-refractivity contribution in [1.82, 2.24) is 0 Å². The van der Waals surface area contributed by atoms with Gasteiger partial charge in [-0.05, 0) is 48.5 Å². The maximum Gasteiger partial charge on any atom is 0.175 e. The topological polar surface area (TPSA) is 43.4 Å². The van der Waals surface area contributed by atoms with Gasteiger partial charge in [-0.1, -0.05) is 0 Å². The molecule has 0 unspecified atom stereocenters. The van der Waals surface area contributed by atoms with E-state index in [1.54, 1.807) is 24.3 Å². The van der Waals surface area contributed by atoms with Crippen molar-refractivity contribution < 1.29 is 13.2 Å². The van der Waals surface area contributed by atoms with Crippen LogP contribution in [0.5, 0.6) is 11.5 Å². The number of thiol groups is 1. The van der Waals surface area contributed by atoms with Crippen molar-refractivity contribution in [2.75, 3.05) is 6.26 Å². The third-order valence-electron chi connectivity index (χ3n) is 2.32. The van der Waals surface area contributed by atoms with Crippen LogP contribution in [0.15, 0.2) is 58.3 Å². The van der Waals surface area contributed by atoms with Crippen LogP contribution in [0.4, 0.5) is 0 Å². The maximum atomic E-state index is 11.3. The standard InChI is InChI=1S/C13H12O3S2/c1-18(14,15)13-8-4-11(5-9-13)16-10-2-6-12(17)7-3-10/h2-9,17H,1H3. The SMILES string of the molecule is CS(=O)(=O)c1ccc(Oc2ccc(S)cc2)cc1. The van der Waals surface area contributed by atoms with Crippen LogP contribution in [-0.2, 0) is 9.84 Å². The second kappa shape index (κ2) is 5.04. The fraction of sp³-hybridized carbons (Fsp3) is 0.0769. The Morgan fingerprint density at radius 1 is 0.889 bits per heavy atom. The molecule has 5 heteroatoms. The van der Waals surface area contributed by atoms with Crippen molar-refractivity contribution in [2.45, 2.75) is 9.79 Å². The highest BCUT2D eigenvalue weighted by Crippen LogP contribution is 2.23. The van der Waals surface area contributed by atoms with E-state index in [0.717, 1.165) is 4.90 Å². The molecule has 0 aliphatic heterocycles. The highest BCUT2D eigenvalue weighted by atomic mass is 32.2. The first-order valence-corrected chi connectivity index (χ1v) is 7.56. The molecule has 2 aromatic rings. The number of rotatable bonds is 3. The quantitative estimate of drug-likeness (QED) is 0.878. The minimum absolute atomic E-state index is 0.278. The Balaban J connectivity index is 2.18. The molecule has 0 aromatic heterocycles. The van der Waals surface area contributed by atoms with E-state index in [2.05, 4.69) is 12.6 Å². The summed E-state index contributed by atoms with van der Waals surface area (Å²) in [6, 6.07) is 13.6. The molecule has 0 aliphatic rings. The summed E-state index contributed by atoms with van der Waals surface area (Å²) in [6.07, 6.45) is 1.17. The van der Waals surface area contributed by atoms with Crippen LogP contribution < -0.4 is 4.74 Å². The van der Waals surface area contributed by atoms with Gasteiger partial charge in [0.05, 0.1) is 4.90 Å². The zero-order valence-corrected chi connectivity index (χ0v) is 11.4. The van der Waals surface area contributed by atoms with Crippen molar-refractivity contribution in [2.24, 2.45) is 0 Å². The molecule has 0 aliphatic carbocycles. The summed E-state index contributed by atoms with van der Waals surface area (Å²) >= 11 is 4.18. The molecule has 3 nitrogen and oxygen atoms in total. The number of ether oxygens (including phenoxy) is 1. The lowest BCUT2D eigenvalue weighted by molar-refractivity contribution is 0.482. The first kappa shape index (κ1) is 13.0. The van der Waals surface area contributed by atoms with E-state index >= 15 is 0 Å². The molecule has 94 valence electrons. The van der Waals surface area contributed by atoms with Gasteiger partial charge in [0.15, 0.2) is 9.84 Å². The lowest BCUT2D eigenvalue weighted by Gasteiger charge is -2.06. The Hall–Kier alpha value is -1.46. The number of benzene rings is 2. The van der Waals surface area contributed by atoms with Gasteiger partial charge in [0.25, 0.3) is 0 Å². The van der Waals surface area contributed by atoms with Crippen LogP contribution in [-0.4, -0.2) is 14.7 Å². The van der Waals surface area contributed by atoms with Crippen LogP contribution in [0.25, 0.3) is 0 Å². The second-order valence-corrected chi connectivity index (χ2v) is 6.37. The first-order chi connectivity index (χ1) is 8.45. The lowest BCUT2D eigenvalue weighted by atomic mass is 10.3. The van der Waals surface area contributed by atoms with Gasteiger partial charge in [-0.25, -0.2) is 8.42 Å². The van der Waals surface area contributed by atoms with Crippen LogP contribution in [0.3, 0.4) is 0 Å². The lowest BCUT2D eigenvalue weighted by Crippen LogP contribution is -1.96. The number of hydrogen-bond acceptors (Lipinski definition) is 4. The van der Waals surface area contributed by atoms with Gasteiger partial charge in [0.2, 0.25) is 0 Å². The van der Waals surface area contributed by atoms with Crippen LogP contribution in [0, 0.1) is 0 Å². The van der Waals surface area contributed by atoms with Gasteiger partial charge in [0.1, 0.15) is 11.5 Å². The van der Waals surface area contributed by atoms with Crippen molar-refractivity contribution >= 4 is 22.5 Å². The second-order valence-electron chi connectivity index (χ2n) is 3.84. The molecule has 0 amide bonds. The zero-order valence-electron chi connectivity index (χ0n) is 9.70. The monoisotopic (exact) mass is 280 g/mol. The molecular weight excluding hydrogens is 268 g/mol. The molecule has 0 atom stereocenters. The molecule has 18 heavy (non-hydrogen) atoms. The molecule has 0 bridgehead atoms. The molecule has 0 spiro atoms. The normalized spacial score (nSPS) is 11.2. The van der Waals surface area contributed by atoms with E-state index in [9.17, 15) is 8.42 Å². The molecule has 0 heterocycles. The minimum Gasteiger partial charge on any atom is -0.457 e. The highest BCUT2D eigenvalue weighted by Gasteiger charge is 2.06. The largest absolute Gasteiger partial charge is 0.457 e. The zero-order chi connectivity index (χ0) is 13.2. The van der Waals surface area contributed by atoms with E-state index in [4.69, 9.17) is 4.74 Å². The third-order valence-corrected chi connectivity index (χ3v) is 3.75. The van der Waals surface area contributed by atoms with E-state index in [1.165, 1.54) is 18.4 Å². The predicted molar refractivity (Wildman–Crippen MR) is 73.3 cm³/mol. The van der Waals surface area contributed by atoms with Gasteiger partial charge in [-0.3, -0.25) is 0 Å². The number of sulfone groups is 1. The van der Waals surface area contributed by atoms with Gasteiger partial charge in [-0.15, -0.1) is 12.6 Å². The van der Waals surface area contributed by atoms with E-state index in [-0.39, 0.29) is 4.90 Å². The van der Waals surface area contributed by atoms with Crippen molar-refractivity contribution in [3.05, 3.63) is 48.5 Å². The Labute approximate surface area is 112 Å². The summed E-state index contributed by atoms with van der Waals surface area (Å²) in [6.45, 7) is 0. The van der Waals surface area contributed by atoms with Crippen LogP contribution >= 0.6 is 12.6 Å². The predicted octanol–water partition coefficient (Wildman–Crippen LogP) is 3.17. The molecule has 2 aromatic carbocycles. The summed E-state index contributed by atoms with van der Waals surface area (Å²) in [5.74, 6) is 1.27. The Morgan fingerprint density at radius 2 is 1.33 bits per heavy atom. The smallest absolute Gasteiger partial charge is 0.175 e. The summed E-state index contributed by atoms with van der Waals surface area (Å²) < 4.78 is 28.2. The molecule has 0 N–H and O–H groups in total. The summed E-state index contributed by atoms with van der Waals surface area (Å²) in [4.78, 5) is 1.13. The molecular formula is C13H12O3S2. The van der Waals surface area contributed by atoms with Crippen LogP contribution in [0.1, 0.15) is 0 Å². The fourth-order valence-corrected chi connectivity index (χ4v) is 2.18. The van der Waals surface area contributed by atoms with Gasteiger partial charge >= 0.3 is 0 Å². The molecule has 0 saturated heterocycles. The Bertz CT molecular complexity index is 629. The van der Waals surface area contributed by atoms with Crippen molar-refractivity contribution in [3.63, 3.8) is 0 Å². The minimum atomic E-state index is -3.16. The van der Waals surface area contributed by atoms with E-state index in [1.807, 2.05) is 12.1 Å². The average Bonchev–Trinajstić information content (AvgIpc) is 2.32. The number of hydrogen-bond donors (Lipinski definition) is 1. The fourth-order valence-electron chi connectivity index (χ4n) is 1.41. The maximum absolute atomic E-state index is 11.3. The van der Waals surface area contributed by atoms with E-state index in [0.29, 0.717) is 11.5 Å². The molecule has 0 radical (unpaired) electrons. The average molecular weight is 280 g/mol. The van der Waals surface area contributed by atoms with Crippen molar-refractivity contribution in [3.8, 4) is 11.5 Å².